The van der Waals surface area contributed by atoms with E-state index >= 15 is 0 Å². The minimum absolute atomic E-state index is 0.0688. The predicted octanol–water partition coefficient (Wildman–Crippen LogP) is 4.71. The number of hydrogen-bond donors (Lipinski definition) is 1. The third-order valence-corrected chi connectivity index (χ3v) is 6.81. The van der Waals surface area contributed by atoms with Gasteiger partial charge in [-0.3, -0.25) is 5.32 Å². The molecule has 2 aromatic rings. The summed E-state index contributed by atoms with van der Waals surface area (Å²) < 4.78 is 12.3. The van der Waals surface area contributed by atoms with Crippen LogP contribution >= 0.6 is 0 Å². The van der Waals surface area contributed by atoms with Gasteiger partial charge in [0.1, 0.15) is 5.75 Å². The van der Waals surface area contributed by atoms with Crippen LogP contribution in [0.25, 0.3) is 0 Å². The summed E-state index contributed by atoms with van der Waals surface area (Å²) in [5.74, 6) is 1.48. The molecule has 0 radical (unpaired) electrons. The molecule has 3 heterocycles. The Kier molecular flexibility index (Phi) is 4.33. The number of anilines is 1. The Labute approximate surface area is 167 Å². The molecule has 0 bridgehead atoms. The number of nitrogens with one attached hydrogen (secondary N) is 1. The van der Waals surface area contributed by atoms with Crippen molar-refractivity contribution < 1.29 is 9.47 Å². The summed E-state index contributed by atoms with van der Waals surface area (Å²) in [7, 11) is 0. The first-order chi connectivity index (χ1) is 13.6. The van der Waals surface area contributed by atoms with E-state index in [0.29, 0.717) is 5.88 Å². The Hall–Kier alpha value is -2.11. The highest BCUT2D eigenvalue weighted by Crippen LogP contribution is 2.49. The van der Waals surface area contributed by atoms with Crippen molar-refractivity contribution >= 4 is 5.69 Å². The van der Waals surface area contributed by atoms with E-state index in [4.69, 9.17) is 9.47 Å². The maximum absolute atomic E-state index is 6.19. The van der Waals surface area contributed by atoms with E-state index in [1.54, 1.807) is 0 Å². The molecule has 28 heavy (non-hydrogen) atoms. The smallest absolute Gasteiger partial charge is 0.219 e. The number of aromatic nitrogens is 1. The van der Waals surface area contributed by atoms with Crippen LogP contribution in [-0.2, 0) is 16.9 Å². The molecule has 0 unspecified atom stereocenters. The molecule has 3 aliphatic rings. The summed E-state index contributed by atoms with van der Waals surface area (Å²) in [4.78, 5) is 6.88. The molecule has 1 saturated heterocycles. The maximum Gasteiger partial charge on any atom is 0.219 e. The number of ether oxygens (including phenoxy) is 2. The minimum atomic E-state index is -0.0688. The van der Waals surface area contributed by atoms with E-state index in [0.717, 1.165) is 50.5 Å². The largest absolute Gasteiger partial charge is 0.439 e. The van der Waals surface area contributed by atoms with Crippen molar-refractivity contribution in [2.75, 3.05) is 18.1 Å². The molecule has 5 nitrogen and oxygen atoms in total. The minimum Gasteiger partial charge on any atom is -0.439 e. The molecule has 1 aromatic carbocycles. The van der Waals surface area contributed by atoms with Gasteiger partial charge in [0, 0.05) is 18.2 Å². The topological polar surface area (TPSA) is 46.6 Å². The van der Waals surface area contributed by atoms with Crippen molar-refractivity contribution in [3.05, 3.63) is 47.7 Å². The van der Waals surface area contributed by atoms with Crippen LogP contribution in [0, 0.1) is 0 Å². The number of fused-ring (bicyclic) bond motifs is 2. The van der Waals surface area contributed by atoms with Crippen molar-refractivity contribution in [3.63, 3.8) is 0 Å². The van der Waals surface area contributed by atoms with Crippen molar-refractivity contribution in [2.24, 2.45) is 0 Å². The average Bonchev–Trinajstić information content (AvgIpc) is 3.44. The predicted molar refractivity (Wildman–Crippen MR) is 110 cm³/mol. The SMILES string of the molecule is CC[C@]1(C)CN(c2ccc(Oc3ccc4c(c3)C3(CCCC3)OC4)nc2)CN1. The van der Waals surface area contributed by atoms with E-state index < -0.39 is 0 Å². The molecule has 0 amide bonds. The summed E-state index contributed by atoms with van der Waals surface area (Å²) >= 11 is 0. The van der Waals surface area contributed by atoms with E-state index in [-0.39, 0.29) is 11.1 Å². The zero-order chi connectivity index (χ0) is 19.2. The lowest BCUT2D eigenvalue weighted by atomic mass is 9.91. The number of pyridine rings is 1. The van der Waals surface area contributed by atoms with Gasteiger partial charge in [0.15, 0.2) is 0 Å². The number of rotatable bonds is 4. The van der Waals surface area contributed by atoms with Crippen LogP contribution in [0.15, 0.2) is 36.5 Å². The average molecular weight is 380 g/mol. The van der Waals surface area contributed by atoms with Crippen molar-refractivity contribution in [1.29, 1.82) is 0 Å². The first-order valence-corrected chi connectivity index (χ1v) is 10.5. The highest BCUT2D eigenvalue weighted by molar-refractivity contribution is 5.48. The van der Waals surface area contributed by atoms with Gasteiger partial charge < -0.3 is 14.4 Å². The van der Waals surface area contributed by atoms with Gasteiger partial charge in [0.05, 0.1) is 30.8 Å². The van der Waals surface area contributed by atoms with Crippen LogP contribution in [0.1, 0.15) is 57.1 Å². The molecule has 1 saturated carbocycles. The molecule has 5 rings (SSSR count). The summed E-state index contributed by atoms with van der Waals surface area (Å²) in [5, 5.41) is 3.59. The normalized spacial score (nSPS) is 25.4. The molecule has 2 aliphatic heterocycles. The molecule has 148 valence electrons. The Morgan fingerprint density at radius 1 is 1.21 bits per heavy atom. The van der Waals surface area contributed by atoms with Crippen LogP contribution in [0.2, 0.25) is 0 Å². The Bertz CT molecular complexity index is 861. The summed E-state index contributed by atoms with van der Waals surface area (Å²) in [6, 6.07) is 10.4. The van der Waals surface area contributed by atoms with Gasteiger partial charge in [-0.25, -0.2) is 4.98 Å². The first kappa shape index (κ1) is 18.0. The van der Waals surface area contributed by atoms with Gasteiger partial charge in [-0.2, -0.15) is 0 Å². The molecule has 1 aliphatic carbocycles. The fourth-order valence-corrected chi connectivity index (χ4v) is 4.80. The van der Waals surface area contributed by atoms with Gasteiger partial charge in [-0.05, 0) is 55.5 Å². The van der Waals surface area contributed by atoms with Crippen LogP contribution in [0.3, 0.4) is 0 Å². The van der Waals surface area contributed by atoms with Crippen LogP contribution in [-0.4, -0.2) is 23.7 Å². The van der Waals surface area contributed by atoms with Gasteiger partial charge in [0.25, 0.3) is 0 Å². The first-order valence-electron chi connectivity index (χ1n) is 10.5. The lowest BCUT2D eigenvalue weighted by molar-refractivity contribution is -0.0325. The zero-order valence-corrected chi connectivity index (χ0v) is 16.8. The molecular weight excluding hydrogens is 350 g/mol. The van der Waals surface area contributed by atoms with Crippen LogP contribution < -0.4 is 15.0 Å². The van der Waals surface area contributed by atoms with Gasteiger partial charge >= 0.3 is 0 Å². The van der Waals surface area contributed by atoms with Crippen LogP contribution in [0.4, 0.5) is 5.69 Å². The summed E-state index contributed by atoms with van der Waals surface area (Å²) in [6.07, 6.45) is 7.76. The second kappa shape index (κ2) is 6.75. The molecular formula is C23H29N3O2. The number of benzene rings is 1. The maximum atomic E-state index is 6.19. The van der Waals surface area contributed by atoms with Gasteiger partial charge in [-0.15, -0.1) is 0 Å². The molecule has 1 spiro atoms. The third-order valence-electron chi connectivity index (χ3n) is 6.81. The molecule has 1 N–H and O–H groups in total. The van der Waals surface area contributed by atoms with E-state index in [2.05, 4.69) is 47.2 Å². The number of nitrogens with zero attached hydrogens (tertiary/aromatic N) is 2. The van der Waals surface area contributed by atoms with Crippen molar-refractivity contribution in [1.82, 2.24) is 10.3 Å². The van der Waals surface area contributed by atoms with E-state index in [9.17, 15) is 0 Å². The fraction of sp³-hybridized carbons (Fsp3) is 0.522. The Morgan fingerprint density at radius 3 is 2.79 bits per heavy atom. The van der Waals surface area contributed by atoms with E-state index in [1.807, 2.05) is 18.3 Å². The Balaban J connectivity index is 1.31. The third kappa shape index (κ3) is 3.07. The number of hydrogen-bond acceptors (Lipinski definition) is 5. The molecule has 1 atom stereocenters. The second-order valence-electron chi connectivity index (χ2n) is 8.71. The Morgan fingerprint density at radius 2 is 2.07 bits per heavy atom. The summed E-state index contributed by atoms with van der Waals surface area (Å²) in [6.45, 7) is 7.08. The highest BCUT2D eigenvalue weighted by Gasteiger charge is 2.42. The fourth-order valence-electron chi connectivity index (χ4n) is 4.80. The van der Waals surface area contributed by atoms with Crippen LogP contribution in [0.5, 0.6) is 11.6 Å². The van der Waals surface area contributed by atoms with Crippen molar-refractivity contribution in [2.45, 2.75) is 63.7 Å². The highest BCUT2D eigenvalue weighted by atomic mass is 16.5. The lowest BCUT2D eigenvalue weighted by Crippen LogP contribution is -2.38. The van der Waals surface area contributed by atoms with Crippen molar-refractivity contribution in [3.8, 4) is 11.6 Å². The monoisotopic (exact) mass is 379 g/mol. The standard InChI is InChI=1S/C23H29N3O2/c1-3-22(2)15-26(16-25-22)18-7-9-21(24-13-18)28-19-8-6-17-14-27-23(20(17)12-19)10-4-5-11-23/h6-9,12-13,25H,3-5,10-11,14-16H2,1-2H3/t22-/m1/s1. The lowest BCUT2D eigenvalue weighted by Gasteiger charge is -2.24. The summed E-state index contributed by atoms with van der Waals surface area (Å²) in [5.41, 5.74) is 3.86. The molecule has 1 aromatic heterocycles. The van der Waals surface area contributed by atoms with E-state index in [1.165, 1.54) is 24.0 Å². The van der Waals surface area contributed by atoms with Gasteiger partial charge in [0.2, 0.25) is 5.88 Å². The zero-order valence-electron chi connectivity index (χ0n) is 16.8. The molecule has 2 fully saturated rings. The molecule has 5 heteroatoms. The van der Waals surface area contributed by atoms with Gasteiger partial charge in [-0.1, -0.05) is 25.8 Å². The second-order valence-corrected chi connectivity index (χ2v) is 8.71. The quantitative estimate of drug-likeness (QED) is 0.834.